The van der Waals surface area contributed by atoms with E-state index in [1.165, 1.54) is 24.1 Å². The zero-order chi connectivity index (χ0) is 17.4. The first kappa shape index (κ1) is 15.7. The van der Waals surface area contributed by atoms with Gasteiger partial charge in [0.25, 0.3) is 0 Å². The molecule has 5 heteroatoms. The van der Waals surface area contributed by atoms with Crippen molar-refractivity contribution in [3.8, 4) is 0 Å². The van der Waals surface area contributed by atoms with Gasteiger partial charge in [-0.25, -0.2) is 4.79 Å². The van der Waals surface area contributed by atoms with Crippen LogP contribution in [0.4, 0.5) is 0 Å². The minimum atomic E-state index is -0.463. The fourth-order valence-corrected chi connectivity index (χ4v) is 3.57. The third-order valence-corrected chi connectivity index (χ3v) is 4.90. The Bertz CT molecular complexity index is 965. The molecule has 1 aliphatic rings. The van der Waals surface area contributed by atoms with Gasteiger partial charge in [0.15, 0.2) is 6.61 Å². The van der Waals surface area contributed by atoms with E-state index in [1.807, 2.05) is 12.1 Å². The molecule has 1 N–H and O–H groups in total. The molecule has 2 aromatic heterocycles. The van der Waals surface area contributed by atoms with Crippen LogP contribution in [0.15, 0.2) is 36.5 Å². The number of fused-ring (bicyclic) bond motifs is 3. The Hall–Kier alpha value is -2.82. The van der Waals surface area contributed by atoms with Crippen molar-refractivity contribution in [2.45, 2.75) is 25.7 Å². The van der Waals surface area contributed by atoms with E-state index in [1.54, 1.807) is 36.0 Å². The van der Waals surface area contributed by atoms with Gasteiger partial charge in [-0.15, -0.1) is 0 Å². The summed E-state index contributed by atoms with van der Waals surface area (Å²) in [6.45, 7) is -0.250. The first-order valence-electron chi connectivity index (χ1n) is 8.58. The van der Waals surface area contributed by atoms with Crippen LogP contribution >= 0.6 is 0 Å². The predicted molar refractivity (Wildman–Crippen MR) is 95.0 cm³/mol. The molecule has 0 amide bonds. The van der Waals surface area contributed by atoms with Crippen molar-refractivity contribution >= 4 is 22.7 Å². The van der Waals surface area contributed by atoms with Crippen molar-refractivity contribution in [3.05, 3.63) is 59.0 Å². The number of nitrogens with one attached hydrogen (secondary N) is 1. The second-order valence-corrected chi connectivity index (χ2v) is 6.55. The molecule has 5 nitrogen and oxygen atoms in total. The fourth-order valence-electron chi connectivity index (χ4n) is 3.57. The molecule has 2 heterocycles. The average molecular weight is 336 g/mol. The molecule has 0 unspecified atom stereocenters. The maximum atomic E-state index is 12.3. The predicted octanol–water partition coefficient (Wildman–Crippen LogP) is 3.42. The number of aromatic nitrogens is 2. The number of hydrogen-bond donors (Lipinski definition) is 1. The van der Waals surface area contributed by atoms with Crippen LogP contribution in [0.5, 0.6) is 0 Å². The number of ether oxygens (including phenoxy) is 1. The van der Waals surface area contributed by atoms with Crippen LogP contribution in [0.25, 0.3) is 10.9 Å². The number of Topliss-reactive ketones (excluding diaryl/α,β-unsaturated/α-hetero) is 1. The smallest absolute Gasteiger partial charge is 0.338 e. The molecule has 4 rings (SSSR count). The Morgan fingerprint density at radius 1 is 1.20 bits per heavy atom. The third-order valence-electron chi connectivity index (χ3n) is 4.90. The van der Waals surface area contributed by atoms with E-state index in [2.05, 4.69) is 4.98 Å². The van der Waals surface area contributed by atoms with Crippen LogP contribution in [0.1, 0.15) is 44.9 Å². The highest BCUT2D eigenvalue weighted by atomic mass is 16.5. The number of carbonyl (C=O) groups excluding carboxylic acids is 2. The van der Waals surface area contributed by atoms with E-state index in [0.717, 1.165) is 23.7 Å². The highest BCUT2D eigenvalue weighted by Gasteiger charge is 2.18. The van der Waals surface area contributed by atoms with Crippen molar-refractivity contribution < 1.29 is 14.3 Å². The Kier molecular flexibility index (Phi) is 3.92. The zero-order valence-corrected chi connectivity index (χ0v) is 14.2. The lowest BCUT2D eigenvalue weighted by atomic mass is 9.95. The molecule has 1 aromatic carbocycles. The summed E-state index contributed by atoms with van der Waals surface area (Å²) in [6, 6.07) is 9.06. The molecule has 0 fully saturated rings. The second kappa shape index (κ2) is 6.24. The minimum Gasteiger partial charge on any atom is -0.454 e. The van der Waals surface area contributed by atoms with Crippen molar-refractivity contribution in [3.63, 3.8) is 0 Å². The number of aryl methyl sites for hydroxylation is 3. The Morgan fingerprint density at radius 2 is 2.04 bits per heavy atom. The Labute approximate surface area is 145 Å². The molecule has 128 valence electrons. The number of nitrogens with zero attached hydrogens (tertiary/aromatic N) is 1. The number of esters is 1. The molecular weight excluding hydrogens is 316 g/mol. The normalized spacial score (nSPS) is 13.6. The molecule has 0 atom stereocenters. The maximum Gasteiger partial charge on any atom is 0.338 e. The Morgan fingerprint density at radius 3 is 2.84 bits per heavy atom. The first-order chi connectivity index (χ1) is 12.1. The highest BCUT2D eigenvalue weighted by molar-refractivity contribution is 6.00. The largest absolute Gasteiger partial charge is 0.454 e. The number of hydrogen-bond acceptors (Lipinski definition) is 3. The molecule has 3 aromatic rings. The van der Waals surface area contributed by atoms with Crippen LogP contribution < -0.4 is 0 Å². The Balaban J connectivity index is 1.52. The van der Waals surface area contributed by atoms with Gasteiger partial charge in [-0.05, 0) is 61.6 Å². The summed E-state index contributed by atoms with van der Waals surface area (Å²) in [4.78, 5) is 27.9. The fraction of sp³-hybridized carbons (Fsp3) is 0.300. The van der Waals surface area contributed by atoms with Gasteiger partial charge in [0, 0.05) is 29.8 Å². The first-order valence-corrected chi connectivity index (χ1v) is 8.58. The van der Waals surface area contributed by atoms with Crippen LogP contribution in [-0.4, -0.2) is 27.9 Å². The van der Waals surface area contributed by atoms with Gasteiger partial charge in [-0.3, -0.25) is 4.79 Å². The molecule has 1 aliphatic carbocycles. The maximum absolute atomic E-state index is 12.3. The quantitative estimate of drug-likeness (QED) is 0.586. The van der Waals surface area contributed by atoms with Crippen molar-refractivity contribution in [1.29, 1.82) is 0 Å². The highest BCUT2D eigenvalue weighted by Crippen LogP contribution is 2.29. The second-order valence-electron chi connectivity index (χ2n) is 6.55. The summed E-state index contributed by atoms with van der Waals surface area (Å²) >= 11 is 0. The van der Waals surface area contributed by atoms with E-state index in [-0.39, 0.29) is 12.4 Å². The van der Waals surface area contributed by atoms with Gasteiger partial charge in [0.2, 0.25) is 5.78 Å². The number of ketones is 1. The number of carbonyl (C=O) groups is 2. The summed E-state index contributed by atoms with van der Waals surface area (Å²) in [5, 5.41) is 1.10. The summed E-state index contributed by atoms with van der Waals surface area (Å²) in [6.07, 6.45) is 6.28. The van der Waals surface area contributed by atoms with Crippen LogP contribution in [0, 0.1) is 0 Å². The number of benzene rings is 1. The van der Waals surface area contributed by atoms with E-state index in [0.29, 0.717) is 11.3 Å². The summed E-state index contributed by atoms with van der Waals surface area (Å²) in [5.74, 6) is -0.670. The van der Waals surface area contributed by atoms with E-state index >= 15 is 0 Å². The van der Waals surface area contributed by atoms with Crippen molar-refractivity contribution in [1.82, 2.24) is 9.55 Å². The van der Waals surface area contributed by atoms with E-state index in [9.17, 15) is 9.59 Å². The zero-order valence-electron chi connectivity index (χ0n) is 14.2. The number of H-pyrrole nitrogens is 1. The monoisotopic (exact) mass is 336 g/mol. The lowest BCUT2D eigenvalue weighted by Crippen LogP contribution is -2.16. The summed E-state index contributed by atoms with van der Waals surface area (Å²) < 4.78 is 6.94. The van der Waals surface area contributed by atoms with Gasteiger partial charge in [0.05, 0.1) is 11.3 Å². The third kappa shape index (κ3) is 2.86. The lowest BCUT2D eigenvalue weighted by Gasteiger charge is -2.10. The average Bonchev–Trinajstić information content (AvgIpc) is 3.22. The topological polar surface area (TPSA) is 64.1 Å². The molecule has 0 radical (unpaired) electrons. The summed E-state index contributed by atoms with van der Waals surface area (Å²) in [7, 11) is 1.79. The molecule has 0 spiro atoms. The van der Waals surface area contributed by atoms with E-state index < -0.39 is 5.97 Å². The molecule has 0 bridgehead atoms. The molecule has 0 saturated carbocycles. The molecular formula is C20H20N2O3. The minimum absolute atomic E-state index is 0.207. The standard InChI is InChI=1S/C20H20N2O3/c1-22-10-4-7-18(22)19(23)12-25-20(24)13-8-9-17-15(11-13)14-5-2-3-6-16(14)21-17/h4,7-11,21H,2-3,5-6,12H2,1H3. The van der Waals surface area contributed by atoms with Gasteiger partial charge in [0.1, 0.15) is 0 Å². The van der Waals surface area contributed by atoms with Gasteiger partial charge < -0.3 is 14.3 Å². The van der Waals surface area contributed by atoms with Gasteiger partial charge in [-0.2, -0.15) is 0 Å². The van der Waals surface area contributed by atoms with E-state index in [4.69, 9.17) is 4.74 Å². The summed E-state index contributed by atoms with van der Waals surface area (Å²) in [5.41, 5.74) is 4.67. The van der Waals surface area contributed by atoms with Crippen LogP contribution in [0.2, 0.25) is 0 Å². The number of rotatable bonds is 4. The van der Waals surface area contributed by atoms with Crippen LogP contribution in [0.3, 0.4) is 0 Å². The van der Waals surface area contributed by atoms with Gasteiger partial charge >= 0.3 is 5.97 Å². The molecule has 25 heavy (non-hydrogen) atoms. The van der Waals surface area contributed by atoms with Crippen molar-refractivity contribution in [2.24, 2.45) is 7.05 Å². The van der Waals surface area contributed by atoms with Crippen molar-refractivity contribution in [2.75, 3.05) is 6.61 Å². The lowest BCUT2D eigenvalue weighted by molar-refractivity contribution is 0.0472. The number of aromatic amines is 1. The molecule has 0 saturated heterocycles. The van der Waals surface area contributed by atoms with Crippen LogP contribution in [-0.2, 0) is 24.6 Å². The SMILES string of the molecule is Cn1cccc1C(=O)COC(=O)c1ccc2[nH]c3c(c2c1)CCCC3. The molecule has 0 aliphatic heterocycles. The van der Waals surface area contributed by atoms with Gasteiger partial charge in [-0.1, -0.05) is 0 Å².